The number of rotatable bonds is 6. The van der Waals surface area contributed by atoms with E-state index in [9.17, 15) is 4.79 Å². The third-order valence-corrected chi connectivity index (χ3v) is 5.81. The number of methoxy groups -OCH3 is 1. The topological polar surface area (TPSA) is 67.3 Å². The van der Waals surface area contributed by atoms with Crippen molar-refractivity contribution in [2.24, 2.45) is 0 Å². The van der Waals surface area contributed by atoms with Gasteiger partial charge in [-0.1, -0.05) is 18.2 Å². The molecule has 3 aromatic rings. The van der Waals surface area contributed by atoms with Crippen LogP contribution in [0.3, 0.4) is 0 Å². The average molecular weight is 409 g/mol. The van der Waals surface area contributed by atoms with E-state index < -0.39 is 0 Å². The second-order valence-electron chi connectivity index (χ2n) is 7.11. The molecule has 6 nitrogen and oxygen atoms in total. The molecule has 4 rings (SSSR count). The lowest BCUT2D eigenvalue weighted by Gasteiger charge is -2.32. The SMILES string of the molecule is COc1ccccc1-c1cccc(C2CCCN(CC(=O)Nc3nccs3)C2)n1. The number of piperidine rings is 1. The molecule has 29 heavy (non-hydrogen) atoms. The van der Waals surface area contributed by atoms with Crippen LogP contribution in [0.15, 0.2) is 54.0 Å². The summed E-state index contributed by atoms with van der Waals surface area (Å²) in [6.45, 7) is 2.13. The molecule has 1 aliphatic heterocycles. The molecule has 2 aromatic heterocycles. The van der Waals surface area contributed by atoms with E-state index in [-0.39, 0.29) is 5.91 Å². The van der Waals surface area contributed by atoms with Gasteiger partial charge in [0, 0.05) is 35.3 Å². The Morgan fingerprint density at radius 1 is 1.28 bits per heavy atom. The molecule has 0 spiro atoms. The van der Waals surface area contributed by atoms with Crippen LogP contribution in [0, 0.1) is 0 Å². The molecule has 0 saturated carbocycles. The number of carbonyl (C=O) groups is 1. The molecule has 7 heteroatoms. The van der Waals surface area contributed by atoms with Crippen LogP contribution in [0.2, 0.25) is 0 Å². The maximum Gasteiger partial charge on any atom is 0.240 e. The summed E-state index contributed by atoms with van der Waals surface area (Å²) >= 11 is 1.43. The molecule has 0 aliphatic carbocycles. The Bertz CT molecular complexity index is 961. The monoisotopic (exact) mass is 408 g/mol. The summed E-state index contributed by atoms with van der Waals surface area (Å²) in [6.07, 6.45) is 3.82. The standard InChI is InChI=1S/C22H24N4O2S/c1-28-20-10-3-2-7-17(20)19-9-4-8-18(24-19)16-6-5-12-26(14-16)15-21(27)25-22-23-11-13-29-22/h2-4,7-11,13,16H,5-6,12,14-15H2,1H3,(H,23,25,27). The number of thiazole rings is 1. The van der Waals surface area contributed by atoms with Gasteiger partial charge in [-0.05, 0) is 43.7 Å². The van der Waals surface area contributed by atoms with Crippen molar-refractivity contribution in [3.63, 3.8) is 0 Å². The Hall–Kier alpha value is -2.77. The zero-order valence-corrected chi connectivity index (χ0v) is 17.2. The van der Waals surface area contributed by atoms with E-state index in [0.29, 0.717) is 17.6 Å². The molecule has 1 fully saturated rings. The highest BCUT2D eigenvalue weighted by molar-refractivity contribution is 7.13. The second kappa shape index (κ2) is 9.15. The first-order chi connectivity index (χ1) is 14.2. The maximum atomic E-state index is 12.3. The van der Waals surface area contributed by atoms with Crippen LogP contribution in [0.25, 0.3) is 11.3 Å². The molecule has 1 aromatic carbocycles. The third-order valence-electron chi connectivity index (χ3n) is 5.12. The number of anilines is 1. The highest BCUT2D eigenvalue weighted by Gasteiger charge is 2.24. The number of pyridine rings is 1. The number of likely N-dealkylation sites (tertiary alicyclic amines) is 1. The van der Waals surface area contributed by atoms with Crippen LogP contribution >= 0.6 is 11.3 Å². The Balaban J connectivity index is 1.45. The Kier molecular flexibility index (Phi) is 6.17. The number of hydrogen-bond acceptors (Lipinski definition) is 6. The van der Waals surface area contributed by atoms with Crippen LogP contribution in [-0.2, 0) is 4.79 Å². The fourth-order valence-electron chi connectivity index (χ4n) is 3.77. The van der Waals surface area contributed by atoms with Gasteiger partial charge in [0.1, 0.15) is 5.75 Å². The van der Waals surface area contributed by atoms with Crippen molar-refractivity contribution in [1.29, 1.82) is 0 Å². The minimum Gasteiger partial charge on any atom is -0.496 e. The van der Waals surface area contributed by atoms with Crippen LogP contribution in [0.5, 0.6) is 5.75 Å². The minimum atomic E-state index is -0.0173. The molecule has 1 N–H and O–H groups in total. The normalized spacial score (nSPS) is 17.1. The quantitative estimate of drug-likeness (QED) is 0.667. The second-order valence-corrected chi connectivity index (χ2v) is 8.00. The van der Waals surface area contributed by atoms with Crippen molar-refractivity contribution < 1.29 is 9.53 Å². The van der Waals surface area contributed by atoms with Crippen LogP contribution in [0.4, 0.5) is 5.13 Å². The fraction of sp³-hybridized carbons (Fsp3) is 0.318. The summed E-state index contributed by atoms with van der Waals surface area (Å²) in [5, 5.41) is 5.37. The first kappa shape index (κ1) is 19.5. The lowest BCUT2D eigenvalue weighted by Crippen LogP contribution is -2.40. The predicted molar refractivity (Wildman–Crippen MR) is 115 cm³/mol. The van der Waals surface area contributed by atoms with E-state index >= 15 is 0 Å². The number of amides is 1. The average Bonchev–Trinajstić information content (AvgIpc) is 3.27. The van der Waals surface area contributed by atoms with Gasteiger partial charge in [-0.15, -0.1) is 11.3 Å². The molecule has 1 aliphatic rings. The van der Waals surface area contributed by atoms with Gasteiger partial charge >= 0.3 is 0 Å². The van der Waals surface area contributed by atoms with E-state index in [1.807, 2.05) is 35.7 Å². The van der Waals surface area contributed by atoms with Crippen LogP contribution in [0.1, 0.15) is 24.5 Å². The summed E-state index contributed by atoms with van der Waals surface area (Å²) < 4.78 is 5.49. The van der Waals surface area contributed by atoms with Gasteiger partial charge in [0.2, 0.25) is 5.91 Å². The largest absolute Gasteiger partial charge is 0.496 e. The van der Waals surface area contributed by atoms with E-state index in [0.717, 1.165) is 48.6 Å². The minimum absolute atomic E-state index is 0.0173. The molecule has 1 saturated heterocycles. The lowest BCUT2D eigenvalue weighted by molar-refractivity contribution is -0.117. The van der Waals surface area contributed by atoms with Gasteiger partial charge in [-0.25, -0.2) is 4.98 Å². The van der Waals surface area contributed by atoms with Gasteiger partial charge < -0.3 is 10.1 Å². The number of para-hydroxylation sites is 1. The van der Waals surface area contributed by atoms with Crippen molar-refractivity contribution in [3.05, 3.63) is 59.7 Å². The Morgan fingerprint density at radius 3 is 3.00 bits per heavy atom. The van der Waals surface area contributed by atoms with Gasteiger partial charge in [-0.2, -0.15) is 0 Å². The van der Waals surface area contributed by atoms with Crippen molar-refractivity contribution in [2.75, 3.05) is 32.1 Å². The number of nitrogens with one attached hydrogen (secondary N) is 1. The molecular formula is C22H24N4O2S. The third kappa shape index (κ3) is 4.81. The number of benzene rings is 1. The van der Waals surface area contributed by atoms with Gasteiger partial charge in [0.05, 0.1) is 19.3 Å². The molecule has 0 bridgehead atoms. The highest BCUT2D eigenvalue weighted by Crippen LogP contribution is 2.31. The van der Waals surface area contributed by atoms with Gasteiger partial charge in [0.25, 0.3) is 0 Å². The molecule has 3 heterocycles. The van der Waals surface area contributed by atoms with Crippen molar-refractivity contribution >= 4 is 22.4 Å². The van der Waals surface area contributed by atoms with Crippen molar-refractivity contribution in [2.45, 2.75) is 18.8 Å². The zero-order chi connectivity index (χ0) is 20.1. The van der Waals surface area contributed by atoms with Gasteiger partial charge in [-0.3, -0.25) is 14.7 Å². The molecular weight excluding hydrogens is 384 g/mol. The summed E-state index contributed by atoms with van der Waals surface area (Å²) in [5.74, 6) is 1.11. The number of aromatic nitrogens is 2. The van der Waals surface area contributed by atoms with Gasteiger partial charge in [0.15, 0.2) is 5.13 Å². The smallest absolute Gasteiger partial charge is 0.240 e. The Labute approximate surface area is 174 Å². The van der Waals surface area contributed by atoms with Crippen LogP contribution in [-0.4, -0.2) is 47.5 Å². The summed E-state index contributed by atoms with van der Waals surface area (Å²) in [7, 11) is 1.68. The molecule has 1 unspecified atom stereocenters. The van der Waals surface area contributed by atoms with E-state index in [4.69, 9.17) is 9.72 Å². The summed E-state index contributed by atoms with van der Waals surface area (Å²) in [6, 6.07) is 14.1. The summed E-state index contributed by atoms with van der Waals surface area (Å²) in [4.78, 5) is 23.6. The number of carbonyl (C=O) groups excluding carboxylic acids is 1. The van der Waals surface area contributed by atoms with Crippen LogP contribution < -0.4 is 10.1 Å². The number of nitrogens with zero attached hydrogens (tertiary/aromatic N) is 3. The lowest BCUT2D eigenvalue weighted by atomic mass is 9.93. The maximum absolute atomic E-state index is 12.3. The molecule has 0 radical (unpaired) electrons. The highest BCUT2D eigenvalue weighted by atomic mass is 32.1. The number of ether oxygens (including phenoxy) is 1. The molecule has 1 amide bonds. The van der Waals surface area contributed by atoms with E-state index in [2.05, 4.69) is 27.3 Å². The van der Waals surface area contributed by atoms with E-state index in [1.165, 1.54) is 11.3 Å². The van der Waals surface area contributed by atoms with Crippen molar-refractivity contribution in [1.82, 2.24) is 14.9 Å². The fourth-order valence-corrected chi connectivity index (χ4v) is 4.32. The Morgan fingerprint density at radius 2 is 2.17 bits per heavy atom. The molecule has 1 atom stereocenters. The zero-order valence-electron chi connectivity index (χ0n) is 16.4. The first-order valence-electron chi connectivity index (χ1n) is 9.75. The van der Waals surface area contributed by atoms with Crippen molar-refractivity contribution in [3.8, 4) is 17.0 Å². The summed E-state index contributed by atoms with van der Waals surface area (Å²) in [5.41, 5.74) is 2.98. The van der Waals surface area contributed by atoms with E-state index in [1.54, 1.807) is 13.3 Å². The first-order valence-corrected chi connectivity index (χ1v) is 10.6. The predicted octanol–water partition coefficient (Wildman–Crippen LogP) is 4.03. The molecule has 150 valence electrons. The number of hydrogen-bond donors (Lipinski definition) is 1.